The number of aliphatic hydroxyl groups excluding tert-OH is 1. The number of ether oxygens (including phenoxy) is 2. The van der Waals surface area contributed by atoms with Crippen molar-refractivity contribution in [3.63, 3.8) is 0 Å². The molecule has 1 aromatic carbocycles. The van der Waals surface area contributed by atoms with E-state index in [1.807, 2.05) is 0 Å². The fourth-order valence-electron chi connectivity index (χ4n) is 3.99. The van der Waals surface area contributed by atoms with Crippen LogP contribution in [-0.4, -0.2) is 109 Å². The quantitative estimate of drug-likeness (QED) is 0.603. The van der Waals surface area contributed by atoms with E-state index in [4.69, 9.17) is 19.8 Å². The molecule has 0 radical (unpaired) electrons. The Labute approximate surface area is 177 Å². The lowest BCUT2D eigenvalue weighted by Gasteiger charge is -2.46. The van der Waals surface area contributed by atoms with Gasteiger partial charge in [0.1, 0.15) is 18.5 Å². The maximum absolute atomic E-state index is 10.9. The standard InChI is InChI=1S/C21H30N4O5/c1-23(21(27)28)7-2-8-24-11-19-13-25(14-20(12-24)30-19)10-17(26)15-29-18-5-3-16(9-22)4-6-18/h3-6,17,19-20,26H,2,7-8,10-15H2,1H3,(H,27,28). The van der Waals surface area contributed by atoms with E-state index in [1.165, 1.54) is 4.90 Å². The molecular formula is C21H30N4O5. The molecule has 0 aliphatic carbocycles. The number of morpholine rings is 2. The molecule has 0 aromatic heterocycles. The highest BCUT2D eigenvalue weighted by Crippen LogP contribution is 2.20. The summed E-state index contributed by atoms with van der Waals surface area (Å²) in [5, 5.41) is 28.1. The summed E-state index contributed by atoms with van der Waals surface area (Å²) in [7, 11) is 1.59. The van der Waals surface area contributed by atoms with E-state index >= 15 is 0 Å². The Morgan fingerprint density at radius 3 is 2.50 bits per heavy atom. The molecule has 30 heavy (non-hydrogen) atoms. The molecule has 164 valence electrons. The predicted molar refractivity (Wildman–Crippen MR) is 109 cm³/mol. The van der Waals surface area contributed by atoms with Crippen molar-refractivity contribution in [2.24, 2.45) is 0 Å². The Morgan fingerprint density at radius 2 is 1.90 bits per heavy atom. The van der Waals surface area contributed by atoms with Gasteiger partial charge < -0.3 is 24.6 Å². The Balaban J connectivity index is 1.37. The van der Waals surface area contributed by atoms with Crippen LogP contribution in [0.2, 0.25) is 0 Å². The molecule has 2 fully saturated rings. The number of amides is 1. The zero-order valence-corrected chi connectivity index (χ0v) is 17.3. The molecule has 1 amide bonds. The summed E-state index contributed by atoms with van der Waals surface area (Å²) in [5.41, 5.74) is 0.575. The van der Waals surface area contributed by atoms with Crippen molar-refractivity contribution in [2.75, 3.05) is 59.5 Å². The van der Waals surface area contributed by atoms with Crippen LogP contribution in [0, 0.1) is 11.3 Å². The highest BCUT2D eigenvalue weighted by molar-refractivity contribution is 5.64. The minimum atomic E-state index is -0.897. The van der Waals surface area contributed by atoms with E-state index in [0.29, 0.717) is 24.4 Å². The SMILES string of the molecule is CN(CCCN1CC2CN(CC(O)COc3ccc(C#N)cc3)CC(C1)O2)C(=O)O. The van der Waals surface area contributed by atoms with Crippen LogP contribution >= 0.6 is 0 Å². The molecule has 2 saturated heterocycles. The van der Waals surface area contributed by atoms with Gasteiger partial charge in [0, 0.05) is 52.9 Å². The number of benzene rings is 1. The van der Waals surface area contributed by atoms with Gasteiger partial charge in [-0.15, -0.1) is 0 Å². The molecule has 2 bridgehead atoms. The predicted octanol–water partition coefficient (Wildman–Crippen LogP) is 0.683. The second-order valence-electron chi connectivity index (χ2n) is 8.02. The van der Waals surface area contributed by atoms with E-state index in [0.717, 1.165) is 39.1 Å². The van der Waals surface area contributed by atoms with Gasteiger partial charge in [0.2, 0.25) is 0 Å². The van der Waals surface area contributed by atoms with E-state index in [2.05, 4.69) is 15.9 Å². The third-order valence-corrected chi connectivity index (χ3v) is 5.42. The Morgan fingerprint density at radius 1 is 1.27 bits per heavy atom. The Bertz CT molecular complexity index is 724. The van der Waals surface area contributed by atoms with Crippen LogP contribution in [0.15, 0.2) is 24.3 Å². The lowest BCUT2D eigenvalue weighted by atomic mass is 10.1. The third kappa shape index (κ3) is 6.57. The number of nitriles is 1. The van der Waals surface area contributed by atoms with Gasteiger partial charge in [-0.3, -0.25) is 9.80 Å². The number of hydrogen-bond acceptors (Lipinski definition) is 7. The molecule has 3 rings (SSSR count). The zero-order valence-electron chi connectivity index (χ0n) is 17.3. The van der Waals surface area contributed by atoms with Crippen molar-refractivity contribution in [1.82, 2.24) is 14.7 Å². The van der Waals surface area contributed by atoms with Crippen LogP contribution < -0.4 is 4.74 Å². The van der Waals surface area contributed by atoms with Gasteiger partial charge in [-0.2, -0.15) is 5.26 Å². The number of hydrogen-bond donors (Lipinski definition) is 2. The molecule has 3 unspecified atom stereocenters. The molecule has 0 spiro atoms. The first kappa shape index (κ1) is 22.3. The van der Waals surface area contributed by atoms with Crippen LogP contribution in [0.25, 0.3) is 0 Å². The number of β-amino-alcohol motifs (C(OH)–C–C–N with tert-alkyl or cyclic N) is 1. The highest BCUT2D eigenvalue weighted by atomic mass is 16.5. The van der Waals surface area contributed by atoms with Gasteiger partial charge in [0.15, 0.2) is 0 Å². The van der Waals surface area contributed by atoms with Crippen molar-refractivity contribution < 1.29 is 24.5 Å². The minimum absolute atomic E-state index is 0.0985. The van der Waals surface area contributed by atoms with E-state index in [1.54, 1.807) is 31.3 Å². The van der Waals surface area contributed by atoms with Crippen LogP contribution in [0.4, 0.5) is 4.79 Å². The number of rotatable bonds is 9. The molecule has 2 aliphatic heterocycles. The zero-order chi connectivity index (χ0) is 21.5. The van der Waals surface area contributed by atoms with Crippen LogP contribution in [0.3, 0.4) is 0 Å². The summed E-state index contributed by atoms with van der Waals surface area (Å²) >= 11 is 0. The Hall–Kier alpha value is -2.38. The number of carbonyl (C=O) groups is 1. The first-order chi connectivity index (χ1) is 14.4. The maximum Gasteiger partial charge on any atom is 0.407 e. The molecule has 2 aliphatic rings. The highest BCUT2D eigenvalue weighted by Gasteiger charge is 2.35. The second-order valence-corrected chi connectivity index (χ2v) is 8.02. The summed E-state index contributed by atoms with van der Waals surface area (Å²) in [5.74, 6) is 0.635. The minimum Gasteiger partial charge on any atom is -0.491 e. The lowest BCUT2D eigenvalue weighted by Crippen LogP contribution is -2.60. The van der Waals surface area contributed by atoms with Crippen molar-refractivity contribution in [2.45, 2.75) is 24.7 Å². The number of aliphatic hydroxyl groups is 1. The van der Waals surface area contributed by atoms with Gasteiger partial charge in [-0.05, 0) is 30.7 Å². The van der Waals surface area contributed by atoms with E-state index in [9.17, 15) is 9.90 Å². The third-order valence-electron chi connectivity index (χ3n) is 5.42. The molecular weight excluding hydrogens is 388 g/mol. The van der Waals surface area contributed by atoms with Crippen molar-refractivity contribution in [3.8, 4) is 11.8 Å². The second kappa shape index (κ2) is 10.6. The lowest BCUT2D eigenvalue weighted by molar-refractivity contribution is -0.143. The van der Waals surface area contributed by atoms with Gasteiger partial charge in [0.25, 0.3) is 0 Å². The number of fused-ring (bicyclic) bond motifs is 2. The van der Waals surface area contributed by atoms with Gasteiger partial charge in [-0.25, -0.2) is 4.79 Å². The van der Waals surface area contributed by atoms with Crippen LogP contribution in [0.1, 0.15) is 12.0 Å². The Kier molecular flexibility index (Phi) is 7.87. The van der Waals surface area contributed by atoms with Crippen molar-refractivity contribution in [1.29, 1.82) is 5.26 Å². The van der Waals surface area contributed by atoms with Gasteiger partial charge in [-0.1, -0.05) is 0 Å². The molecule has 0 saturated carbocycles. The fourth-order valence-corrected chi connectivity index (χ4v) is 3.99. The first-order valence-electron chi connectivity index (χ1n) is 10.3. The number of carboxylic acid groups (broad SMARTS) is 1. The fraction of sp³-hybridized carbons (Fsp3) is 0.619. The van der Waals surface area contributed by atoms with Crippen LogP contribution in [0.5, 0.6) is 5.75 Å². The summed E-state index contributed by atoms with van der Waals surface area (Å²) < 4.78 is 11.7. The molecule has 9 heteroatoms. The molecule has 2 N–H and O–H groups in total. The summed E-state index contributed by atoms with van der Waals surface area (Å²) in [6.45, 7) is 5.27. The molecule has 3 atom stereocenters. The summed E-state index contributed by atoms with van der Waals surface area (Å²) in [6.07, 6.45) is -0.506. The molecule has 9 nitrogen and oxygen atoms in total. The number of nitrogens with zero attached hydrogens (tertiary/aromatic N) is 4. The summed E-state index contributed by atoms with van der Waals surface area (Å²) in [4.78, 5) is 16.7. The van der Waals surface area contributed by atoms with Crippen LogP contribution in [-0.2, 0) is 4.74 Å². The van der Waals surface area contributed by atoms with Gasteiger partial charge in [0.05, 0.1) is 23.8 Å². The summed E-state index contributed by atoms with van der Waals surface area (Å²) in [6, 6.07) is 8.90. The maximum atomic E-state index is 10.9. The smallest absolute Gasteiger partial charge is 0.407 e. The van der Waals surface area contributed by atoms with E-state index in [-0.39, 0.29) is 18.8 Å². The first-order valence-corrected chi connectivity index (χ1v) is 10.3. The van der Waals surface area contributed by atoms with Crippen molar-refractivity contribution >= 4 is 6.09 Å². The average molecular weight is 418 g/mol. The largest absolute Gasteiger partial charge is 0.491 e. The topological polar surface area (TPSA) is 110 Å². The average Bonchev–Trinajstić information content (AvgIpc) is 2.72. The van der Waals surface area contributed by atoms with Crippen molar-refractivity contribution in [3.05, 3.63) is 29.8 Å². The monoisotopic (exact) mass is 418 g/mol. The molecule has 1 aromatic rings. The van der Waals surface area contributed by atoms with E-state index < -0.39 is 12.2 Å². The van der Waals surface area contributed by atoms with Gasteiger partial charge >= 0.3 is 6.09 Å². The molecule has 2 heterocycles. The normalized spacial score (nSPS) is 22.8.